The van der Waals surface area contributed by atoms with E-state index >= 15 is 0 Å². The van der Waals surface area contributed by atoms with Gasteiger partial charge in [-0.25, -0.2) is 14.1 Å². The first-order valence-corrected chi connectivity index (χ1v) is 10.6. The smallest absolute Gasteiger partial charge is 0.326 e. The molecule has 1 fully saturated rings. The molecular weight excluding hydrogens is 417 g/mol. The molecule has 0 radical (unpaired) electrons. The zero-order valence-corrected chi connectivity index (χ0v) is 17.6. The molecule has 2 aromatic carbocycles. The third-order valence-corrected chi connectivity index (χ3v) is 5.85. The van der Waals surface area contributed by atoms with Crippen molar-refractivity contribution in [2.75, 3.05) is 10.2 Å². The summed E-state index contributed by atoms with van der Waals surface area (Å²) in [6.45, 7) is 2.12. The highest BCUT2D eigenvalue weighted by atomic mass is 32.1. The van der Waals surface area contributed by atoms with Crippen LogP contribution in [0.15, 0.2) is 66.0 Å². The number of amides is 4. The van der Waals surface area contributed by atoms with E-state index in [-0.39, 0.29) is 13.0 Å². The molecule has 3 aromatic rings. The minimum atomic E-state index is -0.935. The van der Waals surface area contributed by atoms with E-state index in [1.54, 1.807) is 18.2 Å². The maximum absolute atomic E-state index is 13.2. The van der Waals surface area contributed by atoms with Crippen molar-refractivity contribution in [1.82, 2.24) is 4.90 Å². The number of nitrogens with one attached hydrogen (secondary N) is 1. The van der Waals surface area contributed by atoms with Crippen LogP contribution in [0, 0.1) is 12.7 Å². The minimum absolute atomic E-state index is 0.199. The standard InChI is InChI=1S/C23H20FN3O3S/c1-15-4-2-5-18(12-15)27-22(29)20(26(23(27)30)14-19-6-3-11-31-19)13-21(28)25-17-9-7-16(24)8-10-17/h2-12,20H,13-14H2,1H3,(H,25,28)/t20-/m0/s1. The van der Waals surface area contributed by atoms with E-state index in [0.717, 1.165) is 15.3 Å². The number of benzene rings is 2. The number of imide groups is 1. The van der Waals surface area contributed by atoms with Gasteiger partial charge in [-0.05, 0) is 60.3 Å². The van der Waals surface area contributed by atoms with Crippen LogP contribution in [-0.4, -0.2) is 28.8 Å². The number of halogens is 1. The number of nitrogens with zero attached hydrogens (tertiary/aromatic N) is 2. The first-order chi connectivity index (χ1) is 14.9. The van der Waals surface area contributed by atoms with Gasteiger partial charge in [-0.2, -0.15) is 0 Å². The van der Waals surface area contributed by atoms with Gasteiger partial charge in [0.1, 0.15) is 11.9 Å². The first kappa shape index (κ1) is 20.7. The molecule has 1 aliphatic heterocycles. The molecule has 0 bridgehead atoms. The summed E-state index contributed by atoms with van der Waals surface area (Å²) in [4.78, 5) is 42.6. The Balaban J connectivity index is 1.59. The Morgan fingerprint density at radius 3 is 2.55 bits per heavy atom. The van der Waals surface area contributed by atoms with Crippen LogP contribution in [0.4, 0.5) is 20.6 Å². The Labute approximate surface area is 182 Å². The highest BCUT2D eigenvalue weighted by Crippen LogP contribution is 2.29. The number of rotatable bonds is 6. The molecule has 4 rings (SSSR count). The maximum Gasteiger partial charge on any atom is 0.332 e. The average molecular weight is 437 g/mol. The van der Waals surface area contributed by atoms with Crippen LogP contribution in [0.5, 0.6) is 0 Å². The summed E-state index contributed by atoms with van der Waals surface area (Å²) in [5, 5.41) is 4.56. The molecule has 0 saturated carbocycles. The molecule has 1 saturated heterocycles. The molecule has 2 heterocycles. The van der Waals surface area contributed by atoms with Crippen molar-refractivity contribution < 1.29 is 18.8 Å². The average Bonchev–Trinajstić information content (AvgIpc) is 3.32. The zero-order chi connectivity index (χ0) is 22.0. The molecule has 1 N–H and O–H groups in total. The number of aryl methyl sites for hydroxylation is 1. The predicted octanol–water partition coefficient (Wildman–Crippen LogP) is 4.56. The Kier molecular flexibility index (Phi) is 5.81. The predicted molar refractivity (Wildman–Crippen MR) is 117 cm³/mol. The largest absolute Gasteiger partial charge is 0.332 e. The summed E-state index contributed by atoms with van der Waals surface area (Å²) in [6.07, 6.45) is -0.199. The summed E-state index contributed by atoms with van der Waals surface area (Å²) in [5.74, 6) is -1.29. The van der Waals surface area contributed by atoms with Gasteiger partial charge in [-0.3, -0.25) is 9.59 Å². The topological polar surface area (TPSA) is 69.7 Å². The van der Waals surface area contributed by atoms with Crippen LogP contribution in [0.3, 0.4) is 0 Å². The first-order valence-electron chi connectivity index (χ1n) is 9.71. The second kappa shape index (κ2) is 8.69. The molecule has 31 heavy (non-hydrogen) atoms. The molecule has 1 atom stereocenters. The number of urea groups is 1. The van der Waals surface area contributed by atoms with E-state index in [0.29, 0.717) is 11.4 Å². The van der Waals surface area contributed by atoms with Crippen molar-refractivity contribution in [3.05, 3.63) is 82.3 Å². The molecule has 4 amide bonds. The summed E-state index contributed by atoms with van der Waals surface area (Å²) in [5.41, 5.74) is 1.82. The number of carbonyl (C=O) groups is 3. The zero-order valence-electron chi connectivity index (χ0n) is 16.7. The van der Waals surface area contributed by atoms with Gasteiger partial charge in [-0.15, -0.1) is 11.3 Å². The molecule has 1 aliphatic rings. The summed E-state index contributed by atoms with van der Waals surface area (Å²) >= 11 is 1.48. The molecule has 0 spiro atoms. The second-order valence-electron chi connectivity index (χ2n) is 7.28. The van der Waals surface area contributed by atoms with Gasteiger partial charge >= 0.3 is 6.03 Å². The monoisotopic (exact) mass is 437 g/mol. The van der Waals surface area contributed by atoms with E-state index in [1.807, 2.05) is 30.5 Å². The van der Waals surface area contributed by atoms with E-state index in [1.165, 1.54) is 40.5 Å². The molecule has 0 aliphatic carbocycles. The van der Waals surface area contributed by atoms with Crippen molar-refractivity contribution in [2.24, 2.45) is 0 Å². The molecule has 8 heteroatoms. The number of hydrogen-bond donors (Lipinski definition) is 1. The Morgan fingerprint density at radius 2 is 1.87 bits per heavy atom. The SMILES string of the molecule is Cc1cccc(N2C(=O)[C@H](CC(=O)Nc3ccc(F)cc3)N(Cc3cccs3)C2=O)c1. The maximum atomic E-state index is 13.2. The van der Waals surface area contributed by atoms with E-state index in [9.17, 15) is 18.8 Å². The number of carbonyl (C=O) groups excluding carboxylic acids is 3. The van der Waals surface area contributed by atoms with Gasteiger partial charge in [-0.1, -0.05) is 18.2 Å². The minimum Gasteiger partial charge on any atom is -0.326 e. The van der Waals surface area contributed by atoms with E-state index in [2.05, 4.69) is 5.32 Å². The lowest BCUT2D eigenvalue weighted by atomic mass is 10.1. The van der Waals surface area contributed by atoms with Gasteiger partial charge in [0.25, 0.3) is 5.91 Å². The fourth-order valence-electron chi connectivity index (χ4n) is 3.51. The summed E-state index contributed by atoms with van der Waals surface area (Å²) < 4.78 is 13.1. The van der Waals surface area contributed by atoms with Crippen LogP contribution >= 0.6 is 11.3 Å². The van der Waals surface area contributed by atoms with Gasteiger partial charge in [0.05, 0.1) is 18.7 Å². The quantitative estimate of drug-likeness (QED) is 0.575. The lowest BCUT2D eigenvalue weighted by molar-refractivity contribution is -0.124. The van der Waals surface area contributed by atoms with Crippen molar-refractivity contribution in [3.8, 4) is 0 Å². The summed E-state index contributed by atoms with van der Waals surface area (Å²) in [7, 11) is 0. The molecule has 6 nitrogen and oxygen atoms in total. The van der Waals surface area contributed by atoms with Gasteiger partial charge in [0.2, 0.25) is 5.91 Å². The number of thiophene rings is 1. The van der Waals surface area contributed by atoms with E-state index in [4.69, 9.17) is 0 Å². The highest BCUT2D eigenvalue weighted by molar-refractivity contribution is 7.09. The second-order valence-corrected chi connectivity index (χ2v) is 8.31. The highest BCUT2D eigenvalue weighted by Gasteiger charge is 2.46. The summed E-state index contributed by atoms with van der Waals surface area (Å²) in [6, 6.07) is 14.9. The normalized spacial score (nSPS) is 16.1. The van der Waals surface area contributed by atoms with Gasteiger partial charge in [0, 0.05) is 10.6 Å². The van der Waals surface area contributed by atoms with Crippen molar-refractivity contribution in [1.29, 1.82) is 0 Å². The van der Waals surface area contributed by atoms with Gasteiger partial charge < -0.3 is 10.2 Å². The Morgan fingerprint density at radius 1 is 1.10 bits per heavy atom. The Bertz CT molecular complexity index is 1120. The molecule has 0 unspecified atom stereocenters. The molecule has 158 valence electrons. The van der Waals surface area contributed by atoms with Crippen LogP contribution in [-0.2, 0) is 16.1 Å². The third-order valence-electron chi connectivity index (χ3n) is 4.99. The number of hydrogen-bond acceptors (Lipinski definition) is 4. The van der Waals surface area contributed by atoms with Crippen LogP contribution in [0.1, 0.15) is 16.9 Å². The lowest BCUT2D eigenvalue weighted by Gasteiger charge is -2.21. The Hall–Kier alpha value is -3.52. The molecular formula is C23H20FN3O3S. The molecule has 1 aromatic heterocycles. The van der Waals surface area contributed by atoms with Crippen molar-refractivity contribution >= 4 is 40.6 Å². The lowest BCUT2D eigenvalue weighted by Crippen LogP contribution is -2.37. The van der Waals surface area contributed by atoms with Crippen LogP contribution in [0.25, 0.3) is 0 Å². The van der Waals surface area contributed by atoms with Gasteiger partial charge in [0.15, 0.2) is 0 Å². The van der Waals surface area contributed by atoms with Crippen LogP contribution < -0.4 is 10.2 Å². The van der Waals surface area contributed by atoms with Crippen LogP contribution in [0.2, 0.25) is 0 Å². The third kappa shape index (κ3) is 4.49. The van der Waals surface area contributed by atoms with Crippen molar-refractivity contribution in [3.63, 3.8) is 0 Å². The van der Waals surface area contributed by atoms with Crippen molar-refractivity contribution in [2.45, 2.75) is 25.9 Å². The number of anilines is 2. The van der Waals surface area contributed by atoms with E-state index < -0.39 is 29.7 Å². The fourth-order valence-corrected chi connectivity index (χ4v) is 4.21. The fraction of sp³-hybridized carbons (Fsp3) is 0.174.